The molecule has 1 rings (SSSR count). The molecule has 6 heteroatoms. The first-order valence-electron chi connectivity index (χ1n) is 2.87. The van der Waals surface area contributed by atoms with Gasteiger partial charge in [0.15, 0.2) is 0 Å². The van der Waals surface area contributed by atoms with E-state index in [2.05, 4.69) is 20.7 Å². The Labute approximate surface area is 75.5 Å². The maximum Gasteiger partial charge on any atom is 0.273 e. The van der Waals surface area contributed by atoms with Crippen LogP contribution in [0.5, 0.6) is 0 Å². The molecule has 1 atom stereocenters. The van der Waals surface area contributed by atoms with Gasteiger partial charge in [-0.2, -0.15) is 0 Å². The van der Waals surface area contributed by atoms with Crippen molar-refractivity contribution >= 4 is 33.0 Å². The first-order chi connectivity index (χ1) is 5.04. The molecule has 1 heterocycles. The Hall–Kier alpha value is -0.360. The van der Waals surface area contributed by atoms with Gasteiger partial charge in [-0.15, -0.1) is 0 Å². The Morgan fingerprint density at radius 1 is 1.64 bits per heavy atom. The van der Waals surface area contributed by atoms with E-state index >= 15 is 0 Å². The van der Waals surface area contributed by atoms with Crippen LogP contribution in [0.2, 0.25) is 0 Å². The molecule has 0 saturated heterocycles. The number of halogens is 1. The van der Waals surface area contributed by atoms with E-state index < -0.39 is 11.2 Å². The van der Waals surface area contributed by atoms with Crippen molar-refractivity contribution in [1.82, 2.24) is 9.03 Å². The van der Waals surface area contributed by atoms with Gasteiger partial charge in [0, 0.05) is 12.7 Å². The molecule has 0 aromatic heterocycles. The second kappa shape index (κ2) is 2.94. The fourth-order valence-electron chi connectivity index (χ4n) is 0.619. The van der Waals surface area contributed by atoms with Gasteiger partial charge in [-0.3, -0.25) is 13.8 Å². The van der Waals surface area contributed by atoms with Crippen LogP contribution in [-0.4, -0.2) is 21.5 Å². The number of carbonyl (C=O) groups is 1. The van der Waals surface area contributed by atoms with Crippen molar-refractivity contribution in [3.63, 3.8) is 0 Å². The highest BCUT2D eigenvalue weighted by atomic mass is 79.9. The number of allylic oxidation sites excluding steroid dienone is 1. The predicted molar refractivity (Wildman–Crippen MR) is 45.7 cm³/mol. The van der Waals surface area contributed by atoms with Crippen molar-refractivity contribution in [2.24, 2.45) is 0 Å². The molecule has 0 saturated carbocycles. The fourth-order valence-corrected chi connectivity index (χ4v) is 1.97. The maximum absolute atomic E-state index is 11.0. The summed E-state index contributed by atoms with van der Waals surface area (Å²) < 4.78 is 15.2. The van der Waals surface area contributed by atoms with Gasteiger partial charge < -0.3 is 0 Å². The highest BCUT2D eigenvalue weighted by molar-refractivity contribution is 9.12. The number of hydrogen-bond donors (Lipinski definition) is 1. The molecule has 4 nitrogen and oxygen atoms in total. The van der Waals surface area contributed by atoms with Crippen LogP contribution in [0, 0.1) is 0 Å². The van der Waals surface area contributed by atoms with Crippen molar-refractivity contribution in [1.29, 1.82) is 0 Å². The zero-order valence-electron chi connectivity index (χ0n) is 6.05. The first kappa shape index (κ1) is 8.73. The molecule has 11 heavy (non-hydrogen) atoms. The fraction of sp³-hybridized carbons (Fsp3) is 0.400. The van der Waals surface area contributed by atoms with E-state index in [4.69, 9.17) is 0 Å². The van der Waals surface area contributed by atoms with Crippen molar-refractivity contribution in [3.05, 3.63) is 10.2 Å². The van der Waals surface area contributed by atoms with E-state index in [1.54, 1.807) is 14.0 Å². The minimum Gasteiger partial charge on any atom is -0.280 e. The molecule has 1 unspecified atom stereocenters. The zero-order valence-corrected chi connectivity index (χ0v) is 8.45. The Bertz CT molecular complexity index is 263. The summed E-state index contributed by atoms with van der Waals surface area (Å²) in [5, 5.41) is 0. The van der Waals surface area contributed by atoms with Crippen LogP contribution in [0.1, 0.15) is 6.92 Å². The lowest BCUT2D eigenvalue weighted by molar-refractivity contribution is -0.115. The van der Waals surface area contributed by atoms with Gasteiger partial charge >= 0.3 is 0 Å². The Morgan fingerprint density at radius 3 is 2.73 bits per heavy atom. The highest BCUT2D eigenvalue weighted by Gasteiger charge is 2.23. The van der Waals surface area contributed by atoms with Crippen LogP contribution >= 0.6 is 15.9 Å². The lowest BCUT2D eigenvalue weighted by Crippen LogP contribution is -2.40. The predicted octanol–water partition coefficient (Wildman–Crippen LogP) is 0.253. The van der Waals surface area contributed by atoms with Crippen LogP contribution in [0.15, 0.2) is 10.2 Å². The summed E-state index contributed by atoms with van der Waals surface area (Å²) >= 11 is 1.66. The molecule has 1 aliphatic heterocycles. The van der Waals surface area contributed by atoms with Gasteiger partial charge in [-0.05, 0) is 22.9 Å². The SMILES string of the molecule is CC1=C(Br)C(=O)NS(=O)N1C. The third-order valence-electron chi connectivity index (χ3n) is 1.42. The topological polar surface area (TPSA) is 49.4 Å². The third kappa shape index (κ3) is 1.46. The van der Waals surface area contributed by atoms with E-state index in [0.717, 1.165) is 0 Å². The summed E-state index contributed by atoms with van der Waals surface area (Å²) in [5.74, 6) is -0.334. The Morgan fingerprint density at radius 2 is 2.18 bits per heavy atom. The Balaban J connectivity index is 3.08. The molecular formula is C5H7BrN2O2S. The second-order valence-corrected chi connectivity index (χ2v) is 4.12. The van der Waals surface area contributed by atoms with Crippen molar-refractivity contribution in [2.75, 3.05) is 7.05 Å². The number of amides is 1. The molecule has 0 aromatic carbocycles. The lowest BCUT2D eigenvalue weighted by atomic mass is 10.4. The molecule has 0 radical (unpaired) electrons. The van der Waals surface area contributed by atoms with Gasteiger partial charge in [0.25, 0.3) is 5.91 Å². The molecule has 1 amide bonds. The highest BCUT2D eigenvalue weighted by Crippen LogP contribution is 2.19. The lowest BCUT2D eigenvalue weighted by Gasteiger charge is -2.24. The van der Waals surface area contributed by atoms with Gasteiger partial charge in [-0.25, -0.2) is 4.21 Å². The summed E-state index contributed by atoms with van der Waals surface area (Å²) in [5.41, 5.74) is 0.673. The Kier molecular flexibility index (Phi) is 2.34. The standard InChI is InChI=1S/C5H7BrN2O2S/c1-3-4(6)5(9)7-11(10)8(3)2/h1-2H3,(H,7,9). The molecule has 0 aromatic rings. The van der Waals surface area contributed by atoms with Crippen molar-refractivity contribution in [2.45, 2.75) is 6.92 Å². The van der Waals surface area contributed by atoms with E-state index in [1.165, 1.54) is 4.31 Å². The minimum absolute atomic E-state index is 0.334. The smallest absolute Gasteiger partial charge is 0.273 e. The molecule has 0 fully saturated rings. The summed E-state index contributed by atoms with van der Waals surface area (Å²) in [6.45, 7) is 1.72. The van der Waals surface area contributed by atoms with Gasteiger partial charge in [-0.1, -0.05) is 0 Å². The number of carbonyl (C=O) groups excluding carboxylic acids is 1. The van der Waals surface area contributed by atoms with Gasteiger partial charge in [0.1, 0.15) is 4.48 Å². The largest absolute Gasteiger partial charge is 0.280 e. The molecule has 0 aliphatic carbocycles. The molecule has 0 spiro atoms. The first-order valence-corrected chi connectivity index (χ1v) is 4.77. The molecule has 1 aliphatic rings. The average Bonchev–Trinajstić information content (AvgIpc) is 1.97. The van der Waals surface area contributed by atoms with Gasteiger partial charge in [0.05, 0.1) is 0 Å². The van der Waals surface area contributed by atoms with Crippen LogP contribution < -0.4 is 4.72 Å². The summed E-state index contributed by atoms with van der Waals surface area (Å²) in [6, 6.07) is 0. The second-order valence-electron chi connectivity index (χ2n) is 2.08. The number of rotatable bonds is 0. The number of nitrogens with zero attached hydrogens (tertiary/aromatic N) is 1. The van der Waals surface area contributed by atoms with E-state index in [9.17, 15) is 9.00 Å². The monoisotopic (exact) mass is 238 g/mol. The van der Waals surface area contributed by atoms with Crippen LogP contribution in [0.3, 0.4) is 0 Å². The molecule has 0 bridgehead atoms. The average molecular weight is 239 g/mol. The van der Waals surface area contributed by atoms with E-state index in [-0.39, 0.29) is 5.91 Å². The van der Waals surface area contributed by atoms with Crippen molar-refractivity contribution < 1.29 is 9.00 Å². The summed E-state index contributed by atoms with van der Waals surface area (Å²) in [4.78, 5) is 10.9. The van der Waals surface area contributed by atoms with E-state index in [1.807, 2.05) is 0 Å². The van der Waals surface area contributed by atoms with E-state index in [0.29, 0.717) is 10.2 Å². The van der Waals surface area contributed by atoms with Crippen LogP contribution in [-0.2, 0) is 16.0 Å². The summed E-state index contributed by atoms with van der Waals surface area (Å²) in [6.07, 6.45) is 0. The van der Waals surface area contributed by atoms with Crippen LogP contribution in [0.25, 0.3) is 0 Å². The quantitative estimate of drug-likeness (QED) is 0.658. The number of hydrogen-bond acceptors (Lipinski definition) is 2. The van der Waals surface area contributed by atoms with Crippen LogP contribution in [0.4, 0.5) is 0 Å². The molecular weight excluding hydrogens is 232 g/mol. The maximum atomic E-state index is 11.0. The van der Waals surface area contributed by atoms with Crippen molar-refractivity contribution in [3.8, 4) is 0 Å². The third-order valence-corrected chi connectivity index (χ3v) is 3.48. The normalized spacial score (nSPS) is 25.5. The minimum atomic E-state index is -1.42. The summed E-state index contributed by atoms with van der Waals surface area (Å²) in [7, 11) is 1.64. The molecule has 1 N–H and O–H groups in total. The zero-order chi connectivity index (χ0) is 8.59. The number of nitrogens with one attached hydrogen (secondary N) is 1. The molecule has 62 valence electrons. The van der Waals surface area contributed by atoms with Gasteiger partial charge in [0.2, 0.25) is 11.2 Å².